The van der Waals surface area contributed by atoms with E-state index in [1.807, 2.05) is 13.8 Å². The number of carbonyl (C=O) groups excluding carboxylic acids is 1. The van der Waals surface area contributed by atoms with Gasteiger partial charge in [-0.2, -0.15) is 0 Å². The normalized spacial score (nSPS) is 17.0. The second kappa shape index (κ2) is 8.06. The molecule has 7 heteroatoms. The minimum absolute atomic E-state index is 0.139. The molecule has 5 nitrogen and oxygen atoms in total. The molecule has 29 heavy (non-hydrogen) atoms. The van der Waals surface area contributed by atoms with Crippen molar-refractivity contribution >= 4 is 33.3 Å². The Kier molecular flexibility index (Phi) is 5.50. The van der Waals surface area contributed by atoms with Crippen molar-refractivity contribution in [3.05, 3.63) is 40.8 Å². The Bertz CT molecular complexity index is 1050. The molecule has 1 aliphatic rings. The van der Waals surface area contributed by atoms with Crippen LogP contribution in [-0.2, 0) is 9.53 Å². The second-order valence-corrected chi connectivity index (χ2v) is 8.56. The van der Waals surface area contributed by atoms with Gasteiger partial charge in [-0.05, 0) is 51.3 Å². The van der Waals surface area contributed by atoms with Crippen molar-refractivity contribution in [2.24, 2.45) is 5.92 Å². The Morgan fingerprint density at radius 3 is 2.76 bits per heavy atom. The van der Waals surface area contributed by atoms with Crippen LogP contribution in [0.15, 0.2) is 24.3 Å². The largest absolute Gasteiger partial charge is 0.466 e. The first-order chi connectivity index (χ1) is 14.0. The van der Waals surface area contributed by atoms with Gasteiger partial charge in [0.05, 0.1) is 17.9 Å². The summed E-state index contributed by atoms with van der Waals surface area (Å²) in [6, 6.07) is 6.55. The average molecular weight is 414 g/mol. The SMILES string of the molecule is CCOC(=O)C1CCCN(c2nc(C)nc3sc(C)c(-c4ccc(F)cc4)c23)C1. The highest BCUT2D eigenvalue weighted by atomic mass is 32.1. The summed E-state index contributed by atoms with van der Waals surface area (Å²) in [5, 5.41) is 0.981. The van der Waals surface area contributed by atoms with Crippen LogP contribution in [0.2, 0.25) is 0 Å². The highest BCUT2D eigenvalue weighted by Gasteiger charge is 2.30. The number of hydrogen-bond acceptors (Lipinski definition) is 6. The third-order valence-corrected chi connectivity index (χ3v) is 6.29. The Morgan fingerprint density at radius 2 is 2.03 bits per heavy atom. The zero-order chi connectivity index (χ0) is 20.5. The molecule has 1 aromatic carbocycles. The van der Waals surface area contributed by atoms with Crippen LogP contribution in [0.3, 0.4) is 0 Å². The number of rotatable bonds is 4. The lowest BCUT2D eigenvalue weighted by Crippen LogP contribution is -2.40. The molecule has 1 aliphatic heterocycles. The van der Waals surface area contributed by atoms with E-state index in [9.17, 15) is 9.18 Å². The van der Waals surface area contributed by atoms with E-state index in [0.29, 0.717) is 19.0 Å². The Morgan fingerprint density at radius 1 is 1.28 bits per heavy atom. The Labute approximate surface area is 173 Å². The minimum atomic E-state index is -0.258. The number of halogens is 1. The van der Waals surface area contributed by atoms with Crippen LogP contribution in [-0.4, -0.2) is 35.6 Å². The fourth-order valence-electron chi connectivity index (χ4n) is 4.01. The number of aromatic nitrogens is 2. The van der Waals surface area contributed by atoms with Gasteiger partial charge in [-0.1, -0.05) is 12.1 Å². The number of anilines is 1. The van der Waals surface area contributed by atoms with Gasteiger partial charge in [0.25, 0.3) is 0 Å². The summed E-state index contributed by atoms with van der Waals surface area (Å²) in [5.74, 6) is 1.01. The van der Waals surface area contributed by atoms with Crippen LogP contribution in [0.4, 0.5) is 10.2 Å². The molecule has 3 heterocycles. The molecule has 2 aromatic heterocycles. The van der Waals surface area contributed by atoms with Crippen LogP contribution in [0.5, 0.6) is 0 Å². The summed E-state index contributed by atoms with van der Waals surface area (Å²) in [6.07, 6.45) is 1.74. The van der Waals surface area contributed by atoms with Crippen molar-refractivity contribution in [2.45, 2.75) is 33.6 Å². The van der Waals surface area contributed by atoms with E-state index in [4.69, 9.17) is 9.72 Å². The van der Waals surface area contributed by atoms with Gasteiger partial charge in [-0.3, -0.25) is 4.79 Å². The molecule has 1 fully saturated rings. The smallest absolute Gasteiger partial charge is 0.310 e. The molecule has 0 saturated carbocycles. The van der Waals surface area contributed by atoms with E-state index >= 15 is 0 Å². The number of nitrogens with zero attached hydrogens (tertiary/aromatic N) is 3. The summed E-state index contributed by atoms with van der Waals surface area (Å²) in [5.41, 5.74) is 1.99. The topological polar surface area (TPSA) is 55.3 Å². The number of aryl methyl sites for hydroxylation is 2. The zero-order valence-corrected chi connectivity index (χ0v) is 17.7. The minimum Gasteiger partial charge on any atom is -0.466 e. The van der Waals surface area contributed by atoms with Crippen molar-refractivity contribution in [3.8, 4) is 11.1 Å². The number of esters is 1. The summed E-state index contributed by atoms with van der Waals surface area (Å²) >= 11 is 1.62. The number of ether oxygens (including phenoxy) is 1. The second-order valence-electron chi connectivity index (χ2n) is 7.35. The lowest BCUT2D eigenvalue weighted by molar-refractivity contribution is -0.148. The molecule has 0 radical (unpaired) electrons. The first kappa shape index (κ1) is 19.8. The first-order valence-corrected chi connectivity index (χ1v) is 10.7. The molecule has 4 rings (SSSR count). The van der Waals surface area contributed by atoms with Gasteiger partial charge < -0.3 is 9.64 Å². The van der Waals surface area contributed by atoms with E-state index in [1.165, 1.54) is 12.1 Å². The molecule has 1 saturated heterocycles. The predicted molar refractivity (Wildman–Crippen MR) is 114 cm³/mol. The van der Waals surface area contributed by atoms with Gasteiger partial charge in [-0.15, -0.1) is 11.3 Å². The molecule has 0 N–H and O–H groups in total. The fraction of sp³-hybridized carbons (Fsp3) is 0.409. The standard InChI is InChI=1S/C22H24FN3O2S/c1-4-28-22(27)16-6-5-11-26(12-16)20-19-18(15-7-9-17(23)10-8-15)13(2)29-21(19)25-14(3)24-20/h7-10,16H,4-6,11-12H2,1-3H3. The van der Waals surface area contributed by atoms with Gasteiger partial charge in [-0.25, -0.2) is 14.4 Å². The Balaban J connectivity index is 1.81. The van der Waals surface area contributed by atoms with Crippen molar-refractivity contribution < 1.29 is 13.9 Å². The van der Waals surface area contributed by atoms with E-state index in [2.05, 4.69) is 16.8 Å². The van der Waals surface area contributed by atoms with E-state index in [-0.39, 0.29) is 17.7 Å². The molecule has 152 valence electrons. The number of piperidine rings is 1. The molecule has 1 unspecified atom stereocenters. The van der Waals surface area contributed by atoms with Crippen LogP contribution >= 0.6 is 11.3 Å². The number of benzene rings is 1. The summed E-state index contributed by atoms with van der Waals surface area (Å²) in [4.78, 5) is 26.0. The van der Waals surface area contributed by atoms with E-state index < -0.39 is 0 Å². The maximum Gasteiger partial charge on any atom is 0.310 e. The van der Waals surface area contributed by atoms with Crippen LogP contribution in [0, 0.1) is 25.6 Å². The number of carbonyl (C=O) groups is 1. The summed E-state index contributed by atoms with van der Waals surface area (Å²) in [6.45, 7) is 7.59. The lowest BCUT2D eigenvalue weighted by atomic mass is 9.97. The van der Waals surface area contributed by atoms with Crippen molar-refractivity contribution in [1.29, 1.82) is 0 Å². The van der Waals surface area contributed by atoms with E-state index in [0.717, 1.165) is 51.4 Å². The monoisotopic (exact) mass is 413 g/mol. The first-order valence-electron chi connectivity index (χ1n) is 9.93. The van der Waals surface area contributed by atoms with Gasteiger partial charge >= 0.3 is 5.97 Å². The molecule has 0 aliphatic carbocycles. The third kappa shape index (κ3) is 3.83. The molecule has 3 aromatic rings. The summed E-state index contributed by atoms with van der Waals surface area (Å²) < 4.78 is 18.7. The molecule has 0 bridgehead atoms. The van der Waals surface area contributed by atoms with Gasteiger partial charge in [0.1, 0.15) is 22.3 Å². The quantitative estimate of drug-likeness (QED) is 0.570. The lowest BCUT2D eigenvalue weighted by Gasteiger charge is -2.33. The fourth-order valence-corrected chi connectivity index (χ4v) is 5.10. The maximum atomic E-state index is 13.5. The van der Waals surface area contributed by atoms with Crippen LogP contribution < -0.4 is 4.90 Å². The molecule has 1 atom stereocenters. The number of hydrogen-bond donors (Lipinski definition) is 0. The maximum absolute atomic E-state index is 13.5. The number of fused-ring (bicyclic) bond motifs is 1. The van der Waals surface area contributed by atoms with Gasteiger partial charge in [0.2, 0.25) is 0 Å². The molecular weight excluding hydrogens is 389 g/mol. The van der Waals surface area contributed by atoms with Crippen molar-refractivity contribution in [2.75, 3.05) is 24.6 Å². The highest BCUT2D eigenvalue weighted by molar-refractivity contribution is 7.19. The van der Waals surface area contributed by atoms with Crippen LogP contribution in [0.25, 0.3) is 21.3 Å². The molecule has 0 spiro atoms. The van der Waals surface area contributed by atoms with Gasteiger partial charge in [0.15, 0.2) is 0 Å². The van der Waals surface area contributed by atoms with E-state index in [1.54, 1.807) is 23.5 Å². The van der Waals surface area contributed by atoms with Gasteiger partial charge in [0, 0.05) is 23.5 Å². The summed E-state index contributed by atoms with van der Waals surface area (Å²) in [7, 11) is 0. The van der Waals surface area contributed by atoms with Crippen molar-refractivity contribution in [1.82, 2.24) is 9.97 Å². The van der Waals surface area contributed by atoms with Crippen molar-refractivity contribution in [3.63, 3.8) is 0 Å². The average Bonchev–Trinajstić information content (AvgIpc) is 3.03. The Hall–Kier alpha value is -2.54. The highest BCUT2D eigenvalue weighted by Crippen LogP contribution is 2.42. The molecular formula is C22H24FN3O2S. The number of thiophene rings is 1. The third-order valence-electron chi connectivity index (χ3n) is 5.29. The molecule has 0 amide bonds. The van der Waals surface area contributed by atoms with Crippen LogP contribution in [0.1, 0.15) is 30.5 Å². The zero-order valence-electron chi connectivity index (χ0n) is 16.9. The predicted octanol–water partition coefficient (Wildman–Crippen LogP) is 4.89.